The van der Waals surface area contributed by atoms with Gasteiger partial charge in [0, 0.05) is 13.2 Å². The van der Waals surface area contributed by atoms with Crippen molar-refractivity contribution in [3.63, 3.8) is 0 Å². The van der Waals surface area contributed by atoms with Crippen LogP contribution in [-0.2, 0) is 4.74 Å². The van der Waals surface area contributed by atoms with E-state index < -0.39 is 0 Å². The van der Waals surface area contributed by atoms with Gasteiger partial charge < -0.3 is 10.1 Å². The van der Waals surface area contributed by atoms with Gasteiger partial charge in [-0.25, -0.2) is 0 Å². The number of hydrogen-bond acceptors (Lipinski definition) is 2. The van der Waals surface area contributed by atoms with Crippen molar-refractivity contribution in [2.75, 3.05) is 19.7 Å². The van der Waals surface area contributed by atoms with E-state index in [0.717, 1.165) is 26.1 Å². The first kappa shape index (κ1) is 10.9. The molecule has 0 aliphatic heterocycles. The SMILES string of the molecule is CCCNCC(C)OCCC. The fourth-order valence-corrected chi connectivity index (χ4v) is 0.860. The summed E-state index contributed by atoms with van der Waals surface area (Å²) < 4.78 is 5.48. The molecule has 2 nitrogen and oxygen atoms in total. The molecular formula is C9H21NO. The molecule has 0 heterocycles. The van der Waals surface area contributed by atoms with Gasteiger partial charge in [-0.1, -0.05) is 13.8 Å². The molecule has 0 aliphatic carbocycles. The van der Waals surface area contributed by atoms with Crippen molar-refractivity contribution in [1.29, 1.82) is 0 Å². The van der Waals surface area contributed by atoms with Crippen LogP contribution in [0.2, 0.25) is 0 Å². The van der Waals surface area contributed by atoms with Crippen LogP contribution < -0.4 is 5.32 Å². The van der Waals surface area contributed by atoms with E-state index in [4.69, 9.17) is 4.74 Å². The van der Waals surface area contributed by atoms with Crippen LogP contribution in [0.25, 0.3) is 0 Å². The molecule has 0 aliphatic rings. The highest BCUT2D eigenvalue weighted by Gasteiger charge is 1.98. The standard InChI is InChI=1S/C9H21NO/c1-4-6-10-8-9(3)11-7-5-2/h9-10H,4-8H2,1-3H3. The van der Waals surface area contributed by atoms with Crippen LogP contribution in [0.1, 0.15) is 33.6 Å². The summed E-state index contributed by atoms with van der Waals surface area (Å²) in [6, 6.07) is 0. The minimum Gasteiger partial charge on any atom is -0.377 e. The zero-order valence-electron chi connectivity index (χ0n) is 8.02. The van der Waals surface area contributed by atoms with Gasteiger partial charge in [0.25, 0.3) is 0 Å². The zero-order valence-corrected chi connectivity index (χ0v) is 8.02. The van der Waals surface area contributed by atoms with Crippen LogP contribution in [0.4, 0.5) is 0 Å². The van der Waals surface area contributed by atoms with E-state index in [1.807, 2.05) is 0 Å². The molecule has 0 rings (SSSR count). The Bertz CT molecular complexity index is 76.0. The molecule has 2 heteroatoms. The van der Waals surface area contributed by atoms with Crippen LogP contribution >= 0.6 is 0 Å². The van der Waals surface area contributed by atoms with Crippen LogP contribution in [-0.4, -0.2) is 25.8 Å². The van der Waals surface area contributed by atoms with Crippen LogP contribution in [0, 0.1) is 0 Å². The average molecular weight is 159 g/mol. The van der Waals surface area contributed by atoms with Crippen molar-refractivity contribution in [3.05, 3.63) is 0 Å². The molecule has 0 aromatic carbocycles. The monoisotopic (exact) mass is 159 g/mol. The second-order valence-corrected chi connectivity index (χ2v) is 2.89. The molecule has 0 aromatic heterocycles. The van der Waals surface area contributed by atoms with Gasteiger partial charge in [0.2, 0.25) is 0 Å². The van der Waals surface area contributed by atoms with Crippen molar-refractivity contribution in [1.82, 2.24) is 5.32 Å². The lowest BCUT2D eigenvalue weighted by Gasteiger charge is -2.12. The predicted molar refractivity (Wildman–Crippen MR) is 48.9 cm³/mol. The fraction of sp³-hybridized carbons (Fsp3) is 1.00. The van der Waals surface area contributed by atoms with Crippen molar-refractivity contribution in [2.24, 2.45) is 0 Å². The van der Waals surface area contributed by atoms with E-state index in [1.54, 1.807) is 0 Å². The fourth-order valence-electron chi connectivity index (χ4n) is 0.860. The second-order valence-electron chi connectivity index (χ2n) is 2.89. The van der Waals surface area contributed by atoms with E-state index in [1.165, 1.54) is 6.42 Å². The summed E-state index contributed by atoms with van der Waals surface area (Å²) in [6.07, 6.45) is 2.67. The summed E-state index contributed by atoms with van der Waals surface area (Å²) in [6.45, 7) is 9.37. The van der Waals surface area contributed by atoms with Gasteiger partial charge in [-0.2, -0.15) is 0 Å². The highest BCUT2D eigenvalue weighted by atomic mass is 16.5. The largest absolute Gasteiger partial charge is 0.377 e. The van der Waals surface area contributed by atoms with Gasteiger partial charge in [0.15, 0.2) is 0 Å². The first-order valence-electron chi connectivity index (χ1n) is 4.63. The normalized spacial score (nSPS) is 13.4. The number of ether oxygens (including phenoxy) is 1. The third kappa shape index (κ3) is 7.82. The Labute approximate surface area is 70.3 Å². The third-order valence-corrected chi connectivity index (χ3v) is 1.47. The van der Waals surface area contributed by atoms with E-state index >= 15 is 0 Å². The molecule has 0 aromatic rings. The summed E-state index contributed by atoms with van der Waals surface area (Å²) in [7, 11) is 0. The quantitative estimate of drug-likeness (QED) is 0.572. The summed E-state index contributed by atoms with van der Waals surface area (Å²) in [5.74, 6) is 0. The Hall–Kier alpha value is -0.0800. The Kier molecular flexibility index (Phi) is 7.96. The Morgan fingerprint density at radius 1 is 1.27 bits per heavy atom. The molecule has 0 saturated carbocycles. The summed E-state index contributed by atoms with van der Waals surface area (Å²) in [4.78, 5) is 0. The topological polar surface area (TPSA) is 21.3 Å². The number of nitrogens with one attached hydrogen (secondary N) is 1. The van der Waals surface area contributed by atoms with Crippen molar-refractivity contribution in [2.45, 2.75) is 39.7 Å². The van der Waals surface area contributed by atoms with Gasteiger partial charge in [-0.15, -0.1) is 0 Å². The Morgan fingerprint density at radius 2 is 2.00 bits per heavy atom. The van der Waals surface area contributed by atoms with Crippen molar-refractivity contribution in [3.8, 4) is 0 Å². The molecule has 0 saturated heterocycles. The zero-order chi connectivity index (χ0) is 8.53. The van der Waals surface area contributed by atoms with E-state index in [2.05, 4.69) is 26.1 Å². The minimum absolute atomic E-state index is 0.362. The van der Waals surface area contributed by atoms with Gasteiger partial charge >= 0.3 is 0 Å². The van der Waals surface area contributed by atoms with Gasteiger partial charge in [0.1, 0.15) is 0 Å². The van der Waals surface area contributed by atoms with Crippen molar-refractivity contribution < 1.29 is 4.74 Å². The molecule has 0 fully saturated rings. The highest BCUT2D eigenvalue weighted by Crippen LogP contribution is 1.89. The lowest BCUT2D eigenvalue weighted by Crippen LogP contribution is -2.27. The van der Waals surface area contributed by atoms with E-state index in [-0.39, 0.29) is 0 Å². The molecular weight excluding hydrogens is 138 g/mol. The van der Waals surface area contributed by atoms with Crippen molar-refractivity contribution >= 4 is 0 Å². The van der Waals surface area contributed by atoms with Gasteiger partial charge in [0.05, 0.1) is 6.10 Å². The minimum atomic E-state index is 0.362. The van der Waals surface area contributed by atoms with Gasteiger partial charge in [-0.3, -0.25) is 0 Å². The predicted octanol–water partition coefficient (Wildman–Crippen LogP) is 1.80. The van der Waals surface area contributed by atoms with Crippen LogP contribution in [0.5, 0.6) is 0 Å². The van der Waals surface area contributed by atoms with Crippen LogP contribution in [0.3, 0.4) is 0 Å². The number of hydrogen-bond donors (Lipinski definition) is 1. The molecule has 1 atom stereocenters. The third-order valence-electron chi connectivity index (χ3n) is 1.47. The lowest BCUT2D eigenvalue weighted by molar-refractivity contribution is 0.0666. The smallest absolute Gasteiger partial charge is 0.0671 e. The Morgan fingerprint density at radius 3 is 2.55 bits per heavy atom. The first-order valence-corrected chi connectivity index (χ1v) is 4.63. The summed E-state index contributed by atoms with van der Waals surface area (Å²) in [5, 5.41) is 3.32. The Balaban J connectivity index is 3.02. The molecule has 1 unspecified atom stereocenters. The molecule has 0 radical (unpaired) electrons. The van der Waals surface area contributed by atoms with Gasteiger partial charge in [-0.05, 0) is 26.3 Å². The molecule has 11 heavy (non-hydrogen) atoms. The lowest BCUT2D eigenvalue weighted by atomic mass is 10.4. The average Bonchev–Trinajstić information content (AvgIpc) is 2.01. The first-order chi connectivity index (χ1) is 5.31. The van der Waals surface area contributed by atoms with Crippen LogP contribution in [0.15, 0.2) is 0 Å². The molecule has 1 N–H and O–H groups in total. The van der Waals surface area contributed by atoms with E-state index in [9.17, 15) is 0 Å². The summed E-state index contributed by atoms with van der Waals surface area (Å²) >= 11 is 0. The highest BCUT2D eigenvalue weighted by molar-refractivity contribution is 4.53. The molecule has 0 spiro atoms. The maximum absolute atomic E-state index is 5.48. The maximum Gasteiger partial charge on any atom is 0.0671 e. The summed E-state index contributed by atoms with van der Waals surface area (Å²) in [5.41, 5.74) is 0. The molecule has 0 bridgehead atoms. The maximum atomic E-state index is 5.48. The van der Waals surface area contributed by atoms with E-state index in [0.29, 0.717) is 6.10 Å². The molecule has 68 valence electrons. The second kappa shape index (κ2) is 8.02. The number of rotatable bonds is 7. The molecule has 0 amide bonds.